The van der Waals surface area contributed by atoms with Crippen molar-refractivity contribution in [3.8, 4) is 0 Å². The number of carbonyl (C=O) groups excluding carboxylic acids is 2. The number of nitrogens with one attached hydrogen (secondary N) is 1. The van der Waals surface area contributed by atoms with Crippen molar-refractivity contribution in [2.45, 2.75) is 19.3 Å². The lowest BCUT2D eigenvalue weighted by Gasteiger charge is -2.31. The fraction of sp³-hybridized carbons (Fsp3) is 0.500. The first kappa shape index (κ1) is 15.5. The molecule has 0 aromatic heterocycles. The maximum Gasteiger partial charge on any atom is 0.251 e. The monoisotopic (exact) mass is 290 g/mol. The van der Waals surface area contributed by atoms with Gasteiger partial charge in [0.1, 0.15) is 0 Å². The van der Waals surface area contributed by atoms with E-state index in [4.69, 9.17) is 5.11 Å². The molecule has 1 heterocycles. The topological polar surface area (TPSA) is 69.6 Å². The van der Waals surface area contributed by atoms with Gasteiger partial charge in [-0.05, 0) is 30.9 Å². The summed E-state index contributed by atoms with van der Waals surface area (Å²) in [7, 11) is 0. The summed E-state index contributed by atoms with van der Waals surface area (Å²) in [5, 5.41) is 11.8. The van der Waals surface area contributed by atoms with Gasteiger partial charge < -0.3 is 15.3 Å². The van der Waals surface area contributed by atoms with Gasteiger partial charge in [0.15, 0.2) is 0 Å². The molecule has 0 aliphatic carbocycles. The fourth-order valence-electron chi connectivity index (χ4n) is 2.50. The Kier molecular flexibility index (Phi) is 5.75. The van der Waals surface area contributed by atoms with Crippen molar-refractivity contribution >= 4 is 11.8 Å². The number of nitrogens with zero attached hydrogens (tertiary/aromatic N) is 1. The first-order valence-electron chi connectivity index (χ1n) is 7.42. The van der Waals surface area contributed by atoms with Crippen LogP contribution in [-0.4, -0.2) is 48.1 Å². The predicted octanol–water partition coefficient (Wildman–Crippen LogP) is 1.04. The molecule has 0 atom stereocenters. The van der Waals surface area contributed by atoms with Crippen LogP contribution in [0.1, 0.15) is 29.6 Å². The third kappa shape index (κ3) is 4.56. The lowest BCUT2D eigenvalue weighted by Crippen LogP contribution is -2.40. The van der Waals surface area contributed by atoms with E-state index in [9.17, 15) is 9.59 Å². The van der Waals surface area contributed by atoms with Crippen molar-refractivity contribution in [1.29, 1.82) is 0 Å². The number of carbonyl (C=O) groups is 2. The van der Waals surface area contributed by atoms with Crippen molar-refractivity contribution < 1.29 is 14.7 Å². The third-order valence-corrected chi connectivity index (χ3v) is 3.89. The maximum atomic E-state index is 12.0. The Labute approximate surface area is 125 Å². The molecule has 1 saturated heterocycles. The van der Waals surface area contributed by atoms with E-state index < -0.39 is 0 Å². The Balaban J connectivity index is 1.69. The van der Waals surface area contributed by atoms with Crippen molar-refractivity contribution in [2.24, 2.45) is 5.92 Å². The molecule has 2 amide bonds. The van der Waals surface area contributed by atoms with Gasteiger partial charge in [0.2, 0.25) is 5.91 Å². The Bertz CT molecular complexity index is 468. The van der Waals surface area contributed by atoms with Gasteiger partial charge in [-0.15, -0.1) is 0 Å². The van der Waals surface area contributed by atoms with Gasteiger partial charge in [0, 0.05) is 38.2 Å². The number of rotatable bonds is 5. The number of likely N-dealkylation sites (tertiary alicyclic amines) is 1. The molecule has 114 valence electrons. The molecule has 1 aliphatic rings. The lowest BCUT2D eigenvalue weighted by atomic mass is 9.98. The third-order valence-electron chi connectivity index (χ3n) is 3.89. The minimum absolute atomic E-state index is 0.0692. The molecule has 2 rings (SSSR count). The van der Waals surface area contributed by atoms with E-state index >= 15 is 0 Å². The van der Waals surface area contributed by atoms with Gasteiger partial charge in [0.25, 0.3) is 5.91 Å². The molecule has 1 aromatic rings. The molecular weight excluding hydrogens is 268 g/mol. The van der Waals surface area contributed by atoms with Gasteiger partial charge in [-0.2, -0.15) is 0 Å². The van der Waals surface area contributed by atoms with E-state index in [-0.39, 0.29) is 18.4 Å². The fourth-order valence-corrected chi connectivity index (χ4v) is 2.50. The second-order valence-corrected chi connectivity index (χ2v) is 5.38. The second-order valence-electron chi connectivity index (χ2n) is 5.38. The summed E-state index contributed by atoms with van der Waals surface area (Å²) in [6, 6.07) is 8.97. The molecule has 1 aromatic carbocycles. The molecule has 0 bridgehead atoms. The highest BCUT2D eigenvalue weighted by Gasteiger charge is 2.21. The Morgan fingerprint density at radius 3 is 2.48 bits per heavy atom. The molecule has 5 nitrogen and oxygen atoms in total. The molecule has 0 spiro atoms. The number of hydrogen-bond acceptors (Lipinski definition) is 3. The summed E-state index contributed by atoms with van der Waals surface area (Å²) in [4.78, 5) is 25.7. The normalized spacial score (nSPS) is 15.8. The smallest absolute Gasteiger partial charge is 0.251 e. The maximum absolute atomic E-state index is 12.0. The Morgan fingerprint density at radius 1 is 1.19 bits per heavy atom. The minimum Gasteiger partial charge on any atom is -0.396 e. The van der Waals surface area contributed by atoms with Crippen LogP contribution in [0, 0.1) is 5.92 Å². The zero-order valence-corrected chi connectivity index (χ0v) is 12.1. The van der Waals surface area contributed by atoms with E-state index in [1.54, 1.807) is 12.1 Å². The molecule has 2 N–H and O–H groups in total. The molecule has 0 unspecified atom stereocenters. The highest BCUT2D eigenvalue weighted by atomic mass is 16.3. The molecule has 0 radical (unpaired) electrons. The Hall–Kier alpha value is -1.88. The van der Waals surface area contributed by atoms with Gasteiger partial charge in [-0.3, -0.25) is 9.59 Å². The highest BCUT2D eigenvalue weighted by molar-refractivity contribution is 5.94. The quantitative estimate of drug-likeness (QED) is 0.851. The zero-order valence-electron chi connectivity index (χ0n) is 12.1. The largest absolute Gasteiger partial charge is 0.396 e. The van der Waals surface area contributed by atoms with Crippen LogP contribution in [0.5, 0.6) is 0 Å². The number of benzene rings is 1. The van der Waals surface area contributed by atoms with E-state index in [2.05, 4.69) is 5.32 Å². The van der Waals surface area contributed by atoms with Crippen LogP contribution in [0.15, 0.2) is 30.3 Å². The lowest BCUT2D eigenvalue weighted by molar-refractivity contribution is -0.132. The number of aliphatic hydroxyl groups excluding tert-OH is 1. The van der Waals surface area contributed by atoms with Crippen LogP contribution in [-0.2, 0) is 4.79 Å². The first-order valence-corrected chi connectivity index (χ1v) is 7.42. The molecule has 21 heavy (non-hydrogen) atoms. The number of hydrogen-bond donors (Lipinski definition) is 2. The molecular formula is C16H22N2O3. The van der Waals surface area contributed by atoms with Crippen LogP contribution in [0.25, 0.3) is 0 Å². The van der Waals surface area contributed by atoms with E-state index in [0.717, 1.165) is 12.8 Å². The highest BCUT2D eigenvalue weighted by Crippen LogP contribution is 2.16. The van der Waals surface area contributed by atoms with Crippen LogP contribution in [0.3, 0.4) is 0 Å². The number of piperidine rings is 1. The summed E-state index contributed by atoms with van der Waals surface area (Å²) in [6.07, 6.45) is 2.04. The van der Waals surface area contributed by atoms with Gasteiger partial charge >= 0.3 is 0 Å². The summed E-state index contributed by atoms with van der Waals surface area (Å²) < 4.78 is 0. The summed E-state index contributed by atoms with van der Waals surface area (Å²) in [6.45, 7) is 1.97. The van der Waals surface area contributed by atoms with Crippen molar-refractivity contribution in [3.05, 3.63) is 35.9 Å². The van der Waals surface area contributed by atoms with E-state index in [1.807, 2.05) is 23.1 Å². The van der Waals surface area contributed by atoms with Crippen molar-refractivity contribution in [1.82, 2.24) is 10.2 Å². The minimum atomic E-state index is -0.151. The van der Waals surface area contributed by atoms with Crippen LogP contribution in [0.2, 0.25) is 0 Å². The molecule has 0 saturated carbocycles. The zero-order chi connectivity index (χ0) is 15.1. The van der Waals surface area contributed by atoms with Gasteiger partial charge in [0.05, 0.1) is 0 Å². The molecule has 1 fully saturated rings. The first-order chi connectivity index (χ1) is 10.2. The predicted molar refractivity (Wildman–Crippen MR) is 79.8 cm³/mol. The van der Waals surface area contributed by atoms with Gasteiger partial charge in [-0.25, -0.2) is 0 Å². The summed E-state index contributed by atoms with van der Waals surface area (Å²) >= 11 is 0. The summed E-state index contributed by atoms with van der Waals surface area (Å²) in [5.41, 5.74) is 0.605. The van der Waals surface area contributed by atoms with Crippen LogP contribution >= 0.6 is 0 Å². The second kappa shape index (κ2) is 7.78. The summed E-state index contributed by atoms with van der Waals surface area (Å²) in [5.74, 6) is 0.244. The van der Waals surface area contributed by atoms with Gasteiger partial charge in [-0.1, -0.05) is 18.2 Å². The molecule has 1 aliphatic heterocycles. The average Bonchev–Trinajstić information content (AvgIpc) is 2.55. The number of aliphatic hydroxyl groups is 1. The van der Waals surface area contributed by atoms with Crippen molar-refractivity contribution in [3.63, 3.8) is 0 Å². The average molecular weight is 290 g/mol. The Morgan fingerprint density at radius 2 is 1.86 bits per heavy atom. The molecule has 5 heteroatoms. The van der Waals surface area contributed by atoms with Crippen molar-refractivity contribution in [2.75, 3.05) is 26.2 Å². The van der Waals surface area contributed by atoms with E-state index in [1.165, 1.54) is 0 Å². The SMILES string of the molecule is O=C(NCCC(=O)N1CCC(CO)CC1)c1ccccc1. The number of amides is 2. The van der Waals surface area contributed by atoms with E-state index in [0.29, 0.717) is 37.5 Å². The van der Waals surface area contributed by atoms with Crippen LogP contribution < -0.4 is 5.32 Å². The van der Waals surface area contributed by atoms with Crippen LogP contribution in [0.4, 0.5) is 0 Å². The standard InChI is InChI=1S/C16H22N2O3/c19-12-13-7-10-18(11-8-13)15(20)6-9-17-16(21)14-4-2-1-3-5-14/h1-5,13,19H,6-12H2,(H,17,21).